The lowest BCUT2D eigenvalue weighted by atomic mass is 10.2. The summed E-state index contributed by atoms with van der Waals surface area (Å²) in [5, 5.41) is 0. The van der Waals surface area contributed by atoms with Gasteiger partial charge in [0.25, 0.3) is 0 Å². The van der Waals surface area contributed by atoms with Gasteiger partial charge in [0.1, 0.15) is 30.5 Å². The number of ether oxygens (including phenoxy) is 1. The van der Waals surface area contributed by atoms with Crippen molar-refractivity contribution in [2.45, 2.75) is 13.3 Å². The molecule has 0 radical (unpaired) electrons. The van der Waals surface area contributed by atoms with Crippen molar-refractivity contribution >= 4 is 5.91 Å². The Morgan fingerprint density at radius 2 is 1.96 bits per heavy atom. The zero-order valence-electron chi connectivity index (χ0n) is 14.8. The van der Waals surface area contributed by atoms with Crippen molar-refractivity contribution in [2.24, 2.45) is 0 Å². The summed E-state index contributed by atoms with van der Waals surface area (Å²) < 4.78 is 24.3. The Kier molecular flexibility index (Phi) is 6.17. The van der Waals surface area contributed by atoms with E-state index in [4.69, 9.17) is 14.0 Å². The molecule has 3 aromatic rings. The minimum absolute atomic E-state index is 0.00973. The maximum Gasteiger partial charge on any atom is 0.249 e. The van der Waals surface area contributed by atoms with Crippen LogP contribution in [0.4, 0.5) is 4.39 Å². The molecular weight excluding hydrogens is 351 g/mol. The number of para-hydroxylation sites is 1. The maximum atomic E-state index is 13.3. The average molecular weight is 370 g/mol. The molecule has 0 saturated heterocycles. The fourth-order valence-corrected chi connectivity index (χ4v) is 2.37. The number of amides is 1. The summed E-state index contributed by atoms with van der Waals surface area (Å²) in [6.45, 7) is 2.21. The fourth-order valence-electron chi connectivity index (χ4n) is 2.37. The highest BCUT2D eigenvalue weighted by Gasteiger charge is 2.15. The molecule has 27 heavy (non-hydrogen) atoms. The summed E-state index contributed by atoms with van der Waals surface area (Å²) >= 11 is 0. The molecule has 0 spiro atoms. The van der Waals surface area contributed by atoms with Crippen LogP contribution in [0.2, 0.25) is 0 Å². The predicted octanol–water partition coefficient (Wildman–Crippen LogP) is 3.46. The Balaban J connectivity index is 1.45. The first-order chi connectivity index (χ1) is 13.1. The zero-order chi connectivity index (χ0) is 19.1. The maximum absolute atomic E-state index is 13.3. The van der Waals surface area contributed by atoms with Crippen molar-refractivity contribution < 1.29 is 23.2 Å². The summed E-state index contributed by atoms with van der Waals surface area (Å²) in [5.74, 6) is 0.755. The number of hydroxylamine groups is 1. The van der Waals surface area contributed by atoms with Crippen molar-refractivity contribution in [3.8, 4) is 17.2 Å². The molecule has 7 heteroatoms. The number of nitrogens with zero attached hydrogens (tertiary/aromatic N) is 1. The first-order valence-corrected chi connectivity index (χ1v) is 8.42. The van der Waals surface area contributed by atoms with E-state index in [-0.39, 0.29) is 30.6 Å². The quantitative estimate of drug-likeness (QED) is 0.486. The molecule has 0 saturated carbocycles. The van der Waals surface area contributed by atoms with E-state index in [9.17, 15) is 9.18 Å². The van der Waals surface area contributed by atoms with Gasteiger partial charge in [0.2, 0.25) is 11.8 Å². The molecule has 0 aliphatic rings. The lowest BCUT2D eigenvalue weighted by molar-refractivity contribution is -0.133. The van der Waals surface area contributed by atoms with Crippen molar-refractivity contribution in [1.82, 2.24) is 10.5 Å². The van der Waals surface area contributed by atoms with Gasteiger partial charge in [-0.1, -0.05) is 24.3 Å². The van der Waals surface area contributed by atoms with E-state index in [1.54, 1.807) is 19.1 Å². The highest BCUT2D eigenvalue weighted by atomic mass is 19.1. The molecule has 0 aliphatic carbocycles. The summed E-state index contributed by atoms with van der Waals surface area (Å²) in [6.07, 6.45) is -0.00973. The first kappa shape index (κ1) is 18.6. The number of rotatable bonds is 8. The van der Waals surface area contributed by atoms with Crippen LogP contribution < -0.4 is 10.2 Å². The van der Waals surface area contributed by atoms with Gasteiger partial charge >= 0.3 is 0 Å². The van der Waals surface area contributed by atoms with Crippen LogP contribution in [0.1, 0.15) is 11.5 Å². The molecule has 6 nitrogen and oxygen atoms in total. The zero-order valence-corrected chi connectivity index (χ0v) is 14.8. The van der Waals surface area contributed by atoms with Gasteiger partial charge in [0, 0.05) is 5.56 Å². The number of benzene rings is 2. The van der Waals surface area contributed by atoms with Gasteiger partial charge in [-0.05, 0) is 37.3 Å². The predicted molar refractivity (Wildman–Crippen MR) is 96.4 cm³/mol. The molecule has 2 aromatic carbocycles. The second-order valence-electron chi connectivity index (χ2n) is 5.74. The van der Waals surface area contributed by atoms with E-state index in [1.807, 2.05) is 30.3 Å². The average Bonchev–Trinajstić information content (AvgIpc) is 3.03. The van der Waals surface area contributed by atoms with Crippen LogP contribution in [0.5, 0.6) is 5.75 Å². The third-order valence-corrected chi connectivity index (χ3v) is 3.68. The number of carbonyl (C=O) groups excluding carboxylic acids is 1. The summed E-state index contributed by atoms with van der Waals surface area (Å²) in [7, 11) is 0. The van der Waals surface area contributed by atoms with Gasteiger partial charge in [0.15, 0.2) is 0 Å². The van der Waals surface area contributed by atoms with Gasteiger partial charge in [-0.25, -0.2) is 14.9 Å². The standard InChI is InChI=1S/C20H19FN2O4/c1-14-18(22-20(27-14)15-6-5-7-16(21)12-15)13-19(24)23-26-11-10-25-17-8-3-2-4-9-17/h2-9,12H,10-11,13H2,1H3,(H,23,24). The highest BCUT2D eigenvalue weighted by molar-refractivity contribution is 5.77. The molecular formula is C20H19FN2O4. The summed E-state index contributed by atoms with van der Waals surface area (Å²) in [4.78, 5) is 21.4. The topological polar surface area (TPSA) is 73.6 Å². The molecule has 3 rings (SSSR count). The largest absolute Gasteiger partial charge is 0.491 e. The number of nitrogens with one attached hydrogen (secondary N) is 1. The number of oxazole rings is 1. The third-order valence-electron chi connectivity index (χ3n) is 3.68. The third kappa shape index (κ3) is 5.39. The van der Waals surface area contributed by atoms with Gasteiger partial charge in [-0.3, -0.25) is 9.63 Å². The number of halogens is 1. The van der Waals surface area contributed by atoms with E-state index in [2.05, 4.69) is 10.5 Å². The van der Waals surface area contributed by atoms with Crippen molar-refractivity contribution in [3.63, 3.8) is 0 Å². The molecule has 0 aliphatic heterocycles. The van der Waals surface area contributed by atoms with E-state index in [0.717, 1.165) is 5.75 Å². The van der Waals surface area contributed by atoms with Crippen LogP contribution in [-0.2, 0) is 16.1 Å². The van der Waals surface area contributed by atoms with Crippen molar-refractivity contribution in [3.05, 3.63) is 71.9 Å². The minimum atomic E-state index is -0.381. The van der Waals surface area contributed by atoms with E-state index in [1.165, 1.54) is 12.1 Å². The second kappa shape index (κ2) is 8.95. The molecule has 0 atom stereocenters. The Labute approximate surface area is 155 Å². The van der Waals surface area contributed by atoms with Crippen LogP contribution in [0, 0.1) is 12.7 Å². The van der Waals surface area contributed by atoms with Gasteiger partial charge in [-0.15, -0.1) is 0 Å². The molecule has 1 aromatic heterocycles. The van der Waals surface area contributed by atoms with E-state index in [0.29, 0.717) is 23.6 Å². The number of hydrogen-bond acceptors (Lipinski definition) is 5. The number of aromatic nitrogens is 1. The lowest BCUT2D eigenvalue weighted by Gasteiger charge is -2.07. The Morgan fingerprint density at radius 1 is 1.15 bits per heavy atom. The van der Waals surface area contributed by atoms with Gasteiger partial charge in [0.05, 0.1) is 12.1 Å². The molecule has 1 heterocycles. The molecule has 0 bridgehead atoms. The van der Waals surface area contributed by atoms with Crippen molar-refractivity contribution in [2.75, 3.05) is 13.2 Å². The Bertz CT molecular complexity index is 896. The van der Waals surface area contributed by atoms with Crippen LogP contribution >= 0.6 is 0 Å². The molecule has 1 amide bonds. The van der Waals surface area contributed by atoms with Crippen LogP contribution in [0.15, 0.2) is 59.0 Å². The normalized spacial score (nSPS) is 10.6. The van der Waals surface area contributed by atoms with Gasteiger partial charge in [-0.2, -0.15) is 0 Å². The summed E-state index contributed by atoms with van der Waals surface area (Å²) in [5.41, 5.74) is 3.32. The lowest BCUT2D eigenvalue weighted by Crippen LogP contribution is -2.27. The highest BCUT2D eigenvalue weighted by Crippen LogP contribution is 2.22. The van der Waals surface area contributed by atoms with Gasteiger partial charge < -0.3 is 9.15 Å². The monoisotopic (exact) mass is 370 g/mol. The van der Waals surface area contributed by atoms with Crippen LogP contribution in [0.3, 0.4) is 0 Å². The molecule has 0 fully saturated rings. The second-order valence-corrected chi connectivity index (χ2v) is 5.74. The minimum Gasteiger partial charge on any atom is -0.491 e. The summed E-state index contributed by atoms with van der Waals surface area (Å²) in [6, 6.07) is 15.2. The van der Waals surface area contributed by atoms with Crippen molar-refractivity contribution in [1.29, 1.82) is 0 Å². The first-order valence-electron chi connectivity index (χ1n) is 8.42. The number of carbonyl (C=O) groups is 1. The molecule has 140 valence electrons. The Hall–Kier alpha value is -3.19. The Morgan fingerprint density at radius 3 is 2.74 bits per heavy atom. The fraction of sp³-hybridized carbons (Fsp3) is 0.200. The smallest absolute Gasteiger partial charge is 0.249 e. The molecule has 0 unspecified atom stereocenters. The van der Waals surface area contributed by atoms with Crippen LogP contribution in [-0.4, -0.2) is 24.1 Å². The van der Waals surface area contributed by atoms with Crippen LogP contribution in [0.25, 0.3) is 11.5 Å². The van der Waals surface area contributed by atoms with E-state index < -0.39 is 0 Å². The number of hydrogen-bond donors (Lipinski definition) is 1. The number of aryl methyl sites for hydroxylation is 1. The van der Waals surface area contributed by atoms with E-state index >= 15 is 0 Å². The SMILES string of the molecule is Cc1oc(-c2cccc(F)c2)nc1CC(=O)NOCCOc1ccccc1. The molecule has 1 N–H and O–H groups in total.